The largest absolute Gasteiger partial charge is 0.423 e. The standard InChI is InChI=1S/C21H16N2O5/c1-14-5-7-15(8-6-14)21(25)28-19-11-9-17(10-12-19)22-20(24)16-3-2-4-18(13-16)23(26)27/h2-13H,1H3,(H,22,24). The van der Waals surface area contributed by atoms with Crippen LogP contribution in [0.5, 0.6) is 5.75 Å². The molecule has 0 unspecified atom stereocenters. The monoisotopic (exact) mass is 376 g/mol. The van der Waals surface area contributed by atoms with Gasteiger partial charge in [-0.1, -0.05) is 23.8 Å². The summed E-state index contributed by atoms with van der Waals surface area (Å²) in [4.78, 5) is 34.6. The number of carbonyl (C=O) groups is 2. The predicted octanol–water partition coefficient (Wildman–Crippen LogP) is 4.37. The van der Waals surface area contributed by atoms with Gasteiger partial charge >= 0.3 is 5.97 Å². The molecule has 7 nitrogen and oxygen atoms in total. The van der Waals surface area contributed by atoms with E-state index >= 15 is 0 Å². The van der Waals surface area contributed by atoms with Crippen LogP contribution in [-0.4, -0.2) is 16.8 Å². The van der Waals surface area contributed by atoms with Crippen molar-refractivity contribution in [2.24, 2.45) is 0 Å². The van der Waals surface area contributed by atoms with Gasteiger partial charge in [-0.05, 0) is 49.4 Å². The Bertz CT molecular complexity index is 1030. The van der Waals surface area contributed by atoms with Crippen LogP contribution in [0.3, 0.4) is 0 Å². The number of amides is 1. The summed E-state index contributed by atoms with van der Waals surface area (Å²) in [5.41, 5.74) is 1.95. The molecule has 3 rings (SSSR count). The molecule has 0 aliphatic heterocycles. The van der Waals surface area contributed by atoms with Crippen LogP contribution in [0.4, 0.5) is 11.4 Å². The summed E-state index contributed by atoms with van der Waals surface area (Å²) in [5, 5.41) is 13.5. The summed E-state index contributed by atoms with van der Waals surface area (Å²) in [6.07, 6.45) is 0. The maximum Gasteiger partial charge on any atom is 0.343 e. The number of aryl methyl sites for hydroxylation is 1. The SMILES string of the molecule is Cc1ccc(C(=O)Oc2ccc(NC(=O)c3cccc([N+](=O)[O-])c3)cc2)cc1. The Morgan fingerprint density at radius 3 is 2.25 bits per heavy atom. The number of hydrogen-bond donors (Lipinski definition) is 1. The van der Waals surface area contributed by atoms with Crippen molar-refractivity contribution in [2.45, 2.75) is 6.92 Å². The molecule has 0 fully saturated rings. The first-order valence-corrected chi connectivity index (χ1v) is 8.37. The Morgan fingerprint density at radius 1 is 0.929 bits per heavy atom. The first kappa shape index (κ1) is 18.8. The number of non-ortho nitro benzene ring substituents is 1. The number of nitro groups is 1. The number of nitrogens with one attached hydrogen (secondary N) is 1. The zero-order valence-electron chi connectivity index (χ0n) is 14.9. The Morgan fingerprint density at radius 2 is 1.61 bits per heavy atom. The number of hydrogen-bond acceptors (Lipinski definition) is 5. The summed E-state index contributed by atoms with van der Waals surface area (Å²) in [7, 11) is 0. The van der Waals surface area contributed by atoms with Gasteiger partial charge in [0.25, 0.3) is 11.6 Å². The highest BCUT2D eigenvalue weighted by Crippen LogP contribution is 2.19. The molecule has 0 aromatic heterocycles. The zero-order valence-corrected chi connectivity index (χ0v) is 14.9. The normalized spacial score (nSPS) is 10.2. The summed E-state index contributed by atoms with van der Waals surface area (Å²) in [6.45, 7) is 1.93. The van der Waals surface area contributed by atoms with Crippen molar-refractivity contribution in [1.82, 2.24) is 0 Å². The first-order chi connectivity index (χ1) is 13.4. The topological polar surface area (TPSA) is 98.5 Å². The highest BCUT2D eigenvalue weighted by Gasteiger charge is 2.12. The van der Waals surface area contributed by atoms with Crippen molar-refractivity contribution < 1.29 is 19.2 Å². The molecule has 0 spiro atoms. The van der Waals surface area contributed by atoms with Crippen LogP contribution in [0.15, 0.2) is 72.8 Å². The molecule has 0 saturated carbocycles. The lowest BCUT2D eigenvalue weighted by Crippen LogP contribution is -2.12. The van der Waals surface area contributed by atoms with E-state index in [-0.39, 0.29) is 11.3 Å². The lowest BCUT2D eigenvalue weighted by Gasteiger charge is -2.08. The molecule has 0 radical (unpaired) electrons. The van der Waals surface area contributed by atoms with E-state index in [1.807, 2.05) is 19.1 Å². The van der Waals surface area contributed by atoms with Gasteiger partial charge in [-0.25, -0.2) is 4.79 Å². The number of nitrogens with zero attached hydrogens (tertiary/aromatic N) is 1. The number of ether oxygens (including phenoxy) is 1. The Hall–Kier alpha value is -4.00. The van der Waals surface area contributed by atoms with Crippen molar-refractivity contribution in [2.75, 3.05) is 5.32 Å². The van der Waals surface area contributed by atoms with Crippen LogP contribution in [0.1, 0.15) is 26.3 Å². The molecular formula is C21H16N2O5. The number of nitro benzene ring substituents is 1. The Labute approximate surface area is 160 Å². The van der Waals surface area contributed by atoms with Gasteiger partial charge in [-0.2, -0.15) is 0 Å². The van der Waals surface area contributed by atoms with E-state index in [2.05, 4.69) is 5.32 Å². The minimum atomic E-state index is -0.562. The number of anilines is 1. The summed E-state index contributed by atoms with van der Waals surface area (Å²) < 4.78 is 5.30. The molecule has 140 valence electrons. The van der Waals surface area contributed by atoms with Crippen LogP contribution in [-0.2, 0) is 0 Å². The average Bonchev–Trinajstić information content (AvgIpc) is 2.70. The lowest BCUT2D eigenvalue weighted by atomic mass is 10.1. The fourth-order valence-electron chi connectivity index (χ4n) is 2.43. The minimum Gasteiger partial charge on any atom is -0.423 e. The van der Waals surface area contributed by atoms with E-state index in [4.69, 9.17) is 4.74 Å². The molecule has 0 aliphatic carbocycles. The molecule has 1 N–H and O–H groups in total. The summed E-state index contributed by atoms with van der Waals surface area (Å²) in [5.74, 6) is -0.625. The van der Waals surface area contributed by atoms with Gasteiger partial charge in [0.15, 0.2) is 0 Å². The molecule has 0 aliphatic rings. The molecule has 7 heteroatoms. The van der Waals surface area contributed by atoms with Gasteiger partial charge in [0.1, 0.15) is 5.75 Å². The van der Waals surface area contributed by atoms with Gasteiger partial charge in [-0.3, -0.25) is 14.9 Å². The Kier molecular flexibility index (Phi) is 5.45. The van der Waals surface area contributed by atoms with E-state index in [9.17, 15) is 19.7 Å². The van der Waals surface area contributed by atoms with Gasteiger partial charge in [-0.15, -0.1) is 0 Å². The van der Waals surface area contributed by atoms with Gasteiger partial charge < -0.3 is 10.1 Å². The molecule has 0 atom stereocenters. The second-order valence-corrected chi connectivity index (χ2v) is 6.04. The molecule has 28 heavy (non-hydrogen) atoms. The first-order valence-electron chi connectivity index (χ1n) is 8.37. The van der Waals surface area contributed by atoms with Gasteiger partial charge in [0.2, 0.25) is 0 Å². The second kappa shape index (κ2) is 8.13. The van der Waals surface area contributed by atoms with Gasteiger partial charge in [0, 0.05) is 23.4 Å². The van der Waals surface area contributed by atoms with E-state index in [1.54, 1.807) is 36.4 Å². The van der Waals surface area contributed by atoms with Crippen molar-refractivity contribution in [3.63, 3.8) is 0 Å². The van der Waals surface area contributed by atoms with Crippen LogP contribution in [0, 0.1) is 17.0 Å². The smallest absolute Gasteiger partial charge is 0.343 e. The fraction of sp³-hybridized carbons (Fsp3) is 0.0476. The molecule has 3 aromatic carbocycles. The molecular weight excluding hydrogens is 360 g/mol. The summed E-state index contributed by atoms with van der Waals surface area (Å²) >= 11 is 0. The third-order valence-corrected chi connectivity index (χ3v) is 3.93. The number of benzene rings is 3. The van der Waals surface area contributed by atoms with Crippen LogP contribution < -0.4 is 10.1 Å². The van der Waals surface area contributed by atoms with Crippen LogP contribution >= 0.6 is 0 Å². The van der Waals surface area contributed by atoms with E-state index < -0.39 is 16.8 Å². The number of carbonyl (C=O) groups excluding carboxylic acids is 2. The zero-order chi connectivity index (χ0) is 20.1. The lowest BCUT2D eigenvalue weighted by molar-refractivity contribution is -0.384. The maximum atomic E-state index is 12.2. The second-order valence-electron chi connectivity index (χ2n) is 6.04. The minimum absolute atomic E-state index is 0.161. The highest BCUT2D eigenvalue weighted by molar-refractivity contribution is 6.04. The van der Waals surface area contributed by atoms with Crippen molar-refractivity contribution in [3.8, 4) is 5.75 Å². The van der Waals surface area contributed by atoms with Crippen LogP contribution in [0.25, 0.3) is 0 Å². The highest BCUT2D eigenvalue weighted by atomic mass is 16.6. The quantitative estimate of drug-likeness (QED) is 0.308. The third kappa shape index (κ3) is 4.59. The Balaban J connectivity index is 1.65. The summed E-state index contributed by atoms with van der Waals surface area (Å²) in [6, 6.07) is 18.7. The van der Waals surface area contributed by atoms with Crippen molar-refractivity contribution in [1.29, 1.82) is 0 Å². The van der Waals surface area contributed by atoms with E-state index in [0.29, 0.717) is 17.0 Å². The number of esters is 1. The predicted molar refractivity (Wildman–Crippen MR) is 104 cm³/mol. The molecule has 0 saturated heterocycles. The maximum absolute atomic E-state index is 12.2. The van der Waals surface area contributed by atoms with Crippen molar-refractivity contribution in [3.05, 3.63) is 99.6 Å². The number of rotatable bonds is 5. The van der Waals surface area contributed by atoms with Crippen molar-refractivity contribution >= 4 is 23.3 Å². The van der Waals surface area contributed by atoms with E-state index in [1.165, 1.54) is 24.3 Å². The molecule has 0 heterocycles. The third-order valence-electron chi connectivity index (χ3n) is 3.93. The molecule has 1 amide bonds. The van der Waals surface area contributed by atoms with Gasteiger partial charge in [0.05, 0.1) is 10.5 Å². The average molecular weight is 376 g/mol. The molecule has 3 aromatic rings. The molecule has 0 bridgehead atoms. The van der Waals surface area contributed by atoms with Crippen LogP contribution in [0.2, 0.25) is 0 Å². The fourth-order valence-corrected chi connectivity index (χ4v) is 2.43. The van der Waals surface area contributed by atoms with E-state index in [0.717, 1.165) is 5.56 Å².